The smallest absolute Gasteiger partial charge is 0.377 e. The molecule has 0 aromatic heterocycles. The average molecular weight is 263 g/mol. The van der Waals surface area contributed by atoms with Crippen molar-refractivity contribution < 1.29 is 19.4 Å². The number of nitrogens with zero attached hydrogens (tertiary/aromatic N) is 1. The predicted octanol–water partition coefficient (Wildman–Crippen LogP) is 1.56. The van der Waals surface area contributed by atoms with Crippen LogP contribution in [0.3, 0.4) is 0 Å². The SMILES string of the molecule is COc1ccc(C(=O)C(=O)O)cc1CN1CCCC1. The normalized spacial score (nSPS) is 15.4. The van der Waals surface area contributed by atoms with E-state index in [1.165, 1.54) is 18.9 Å². The van der Waals surface area contributed by atoms with E-state index in [4.69, 9.17) is 9.84 Å². The largest absolute Gasteiger partial charge is 0.496 e. The first-order valence-corrected chi connectivity index (χ1v) is 6.28. The van der Waals surface area contributed by atoms with Gasteiger partial charge in [-0.05, 0) is 44.1 Å². The quantitative estimate of drug-likeness (QED) is 0.645. The van der Waals surface area contributed by atoms with Crippen LogP contribution >= 0.6 is 0 Å². The molecule has 1 saturated heterocycles. The number of carboxylic acid groups (broad SMARTS) is 1. The van der Waals surface area contributed by atoms with Crippen LogP contribution in [0.15, 0.2) is 18.2 Å². The van der Waals surface area contributed by atoms with Gasteiger partial charge in [-0.15, -0.1) is 0 Å². The van der Waals surface area contributed by atoms with Crippen molar-refractivity contribution in [3.8, 4) is 5.75 Å². The van der Waals surface area contributed by atoms with Crippen molar-refractivity contribution in [3.63, 3.8) is 0 Å². The van der Waals surface area contributed by atoms with Crippen LogP contribution in [-0.4, -0.2) is 42.0 Å². The van der Waals surface area contributed by atoms with Crippen molar-refractivity contribution in [2.45, 2.75) is 19.4 Å². The van der Waals surface area contributed by atoms with Gasteiger partial charge < -0.3 is 9.84 Å². The predicted molar refractivity (Wildman–Crippen MR) is 69.5 cm³/mol. The molecule has 0 atom stereocenters. The second-order valence-corrected chi connectivity index (χ2v) is 4.64. The van der Waals surface area contributed by atoms with E-state index < -0.39 is 11.8 Å². The molecule has 0 aliphatic carbocycles. The van der Waals surface area contributed by atoms with Gasteiger partial charge in [0.15, 0.2) is 0 Å². The summed E-state index contributed by atoms with van der Waals surface area (Å²) in [6, 6.07) is 4.76. The van der Waals surface area contributed by atoms with Crippen molar-refractivity contribution in [2.24, 2.45) is 0 Å². The number of hydrogen-bond donors (Lipinski definition) is 1. The Morgan fingerprint density at radius 2 is 2.00 bits per heavy atom. The fraction of sp³-hybridized carbons (Fsp3) is 0.429. The summed E-state index contributed by atoms with van der Waals surface area (Å²) in [5.74, 6) is -1.63. The lowest BCUT2D eigenvalue weighted by molar-refractivity contribution is -0.131. The van der Waals surface area contributed by atoms with Crippen molar-refractivity contribution in [1.82, 2.24) is 4.90 Å². The number of methoxy groups -OCH3 is 1. The van der Waals surface area contributed by atoms with E-state index in [2.05, 4.69) is 4.90 Å². The molecule has 0 bridgehead atoms. The number of carboxylic acids is 1. The summed E-state index contributed by atoms with van der Waals surface area (Å²) in [5.41, 5.74) is 1.05. The molecule has 19 heavy (non-hydrogen) atoms. The van der Waals surface area contributed by atoms with Crippen molar-refractivity contribution >= 4 is 11.8 Å². The van der Waals surface area contributed by atoms with Crippen molar-refractivity contribution in [1.29, 1.82) is 0 Å². The van der Waals surface area contributed by atoms with Crippen LogP contribution in [-0.2, 0) is 11.3 Å². The summed E-state index contributed by atoms with van der Waals surface area (Å²) in [7, 11) is 1.57. The maximum atomic E-state index is 11.5. The standard InChI is InChI=1S/C14H17NO4/c1-19-12-5-4-10(13(16)14(17)18)8-11(12)9-15-6-2-3-7-15/h4-5,8H,2-3,6-7,9H2,1H3,(H,17,18). The number of aliphatic carboxylic acids is 1. The lowest BCUT2D eigenvalue weighted by Crippen LogP contribution is -2.19. The van der Waals surface area contributed by atoms with E-state index in [-0.39, 0.29) is 5.56 Å². The number of benzene rings is 1. The molecule has 1 aliphatic heterocycles. The number of ether oxygens (including phenoxy) is 1. The van der Waals surface area contributed by atoms with Gasteiger partial charge in [0.25, 0.3) is 5.78 Å². The van der Waals surface area contributed by atoms with Gasteiger partial charge in [-0.2, -0.15) is 0 Å². The summed E-state index contributed by atoms with van der Waals surface area (Å²) in [5, 5.41) is 8.75. The van der Waals surface area contributed by atoms with Gasteiger partial charge in [-0.3, -0.25) is 9.69 Å². The van der Waals surface area contributed by atoms with Gasteiger partial charge in [0.2, 0.25) is 0 Å². The van der Waals surface area contributed by atoms with Crippen LogP contribution in [0.4, 0.5) is 0 Å². The van der Waals surface area contributed by atoms with Crippen LogP contribution < -0.4 is 4.74 Å². The number of Topliss-reactive ketones (excluding diaryl/α,β-unsaturated/α-hetero) is 1. The molecule has 1 aliphatic rings. The van der Waals surface area contributed by atoms with Crippen LogP contribution in [0.1, 0.15) is 28.8 Å². The van der Waals surface area contributed by atoms with Gasteiger partial charge in [-0.25, -0.2) is 4.79 Å². The number of rotatable bonds is 5. The number of carbonyl (C=O) groups is 2. The monoisotopic (exact) mass is 263 g/mol. The number of ketones is 1. The first kappa shape index (κ1) is 13.5. The maximum Gasteiger partial charge on any atom is 0.377 e. The molecule has 1 aromatic carbocycles. The van der Waals surface area contributed by atoms with Gasteiger partial charge in [0, 0.05) is 17.7 Å². The molecule has 5 heteroatoms. The lowest BCUT2D eigenvalue weighted by atomic mass is 10.1. The Labute approximate surface area is 111 Å². The molecular weight excluding hydrogens is 246 g/mol. The minimum atomic E-state index is -1.43. The highest BCUT2D eigenvalue weighted by Crippen LogP contribution is 2.23. The molecular formula is C14H17NO4. The Morgan fingerprint density at radius 3 is 2.58 bits per heavy atom. The van der Waals surface area contributed by atoms with Crippen molar-refractivity contribution in [3.05, 3.63) is 29.3 Å². The second-order valence-electron chi connectivity index (χ2n) is 4.64. The first-order chi connectivity index (χ1) is 9.11. The zero-order valence-corrected chi connectivity index (χ0v) is 10.9. The summed E-state index contributed by atoms with van der Waals surface area (Å²) >= 11 is 0. The number of likely N-dealkylation sites (tertiary alicyclic amines) is 1. The third-order valence-electron chi connectivity index (χ3n) is 3.33. The molecule has 102 valence electrons. The van der Waals surface area contributed by atoms with Gasteiger partial charge >= 0.3 is 5.97 Å². The molecule has 0 radical (unpaired) electrons. The van der Waals surface area contributed by atoms with Gasteiger partial charge in [-0.1, -0.05) is 0 Å². The van der Waals surface area contributed by atoms with E-state index in [0.29, 0.717) is 12.3 Å². The van der Waals surface area contributed by atoms with E-state index in [9.17, 15) is 9.59 Å². The molecule has 0 spiro atoms. The van der Waals surface area contributed by atoms with E-state index in [0.717, 1.165) is 18.7 Å². The minimum Gasteiger partial charge on any atom is -0.496 e. The second kappa shape index (κ2) is 5.84. The fourth-order valence-electron chi connectivity index (χ4n) is 2.35. The van der Waals surface area contributed by atoms with Gasteiger partial charge in [0.05, 0.1) is 7.11 Å². The molecule has 1 aromatic rings. The summed E-state index contributed by atoms with van der Waals surface area (Å²) in [6.07, 6.45) is 2.35. The summed E-state index contributed by atoms with van der Waals surface area (Å²) in [4.78, 5) is 24.5. The van der Waals surface area contributed by atoms with Crippen LogP contribution in [0.2, 0.25) is 0 Å². The van der Waals surface area contributed by atoms with Crippen molar-refractivity contribution in [2.75, 3.05) is 20.2 Å². The highest BCUT2D eigenvalue weighted by Gasteiger charge is 2.19. The van der Waals surface area contributed by atoms with E-state index in [1.54, 1.807) is 19.2 Å². The molecule has 1 N–H and O–H groups in total. The molecule has 1 fully saturated rings. The number of carbonyl (C=O) groups excluding carboxylic acids is 1. The van der Waals surface area contributed by atoms with E-state index >= 15 is 0 Å². The molecule has 2 rings (SSSR count). The zero-order chi connectivity index (χ0) is 13.8. The third-order valence-corrected chi connectivity index (χ3v) is 3.33. The van der Waals surface area contributed by atoms with Crippen LogP contribution in [0, 0.1) is 0 Å². The van der Waals surface area contributed by atoms with E-state index in [1.807, 2.05) is 0 Å². The topological polar surface area (TPSA) is 66.8 Å². The molecule has 1 heterocycles. The zero-order valence-electron chi connectivity index (χ0n) is 10.9. The maximum absolute atomic E-state index is 11.5. The molecule has 0 saturated carbocycles. The minimum absolute atomic E-state index is 0.197. The highest BCUT2D eigenvalue weighted by molar-refractivity contribution is 6.39. The Hall–Kier alpha value is -1.88. The summed E-state index contributed by atoms with van der Waals surface area (Å²) < 4.78 is 5.27. The Bertz CT molecular complexity index is 492. The van der Waals surface area contributed by atoms with Crippen LogP contribution in [0.5, 0.6) is 5.75 Å². The number of hydrogen-bond acceptors (Lipinski definition) is 4. The Balaban J connectivity index is 2.25. The lowest BCUT2D eigenvalue weighted by Gasteiger charge is -2.17. The van der Waals surface area contributed by atoms with Gasteiger partial charge in [0.1, 0.15) is 5.75 Å². The molecule has 0 unspecified atom stereocenters. The third kappa shape index (κ3) is 3.12. The van der Waals surface area contributed by atoms with Crippen LogP contribution in [0.25, 0.3) is 0 Å². The first-order valence-electron chi connectivity index (χ1n) is 6.28. The molecule has 5 nitrogen and oxygen atoms in total. The Kier molecular flexibility index (Phi) is 4.16. The molecule has 0 amide bonds. The fourth-order valence-corrected chi connectivity index (χ4v) is 2.35. The average Bonchev–Trinajstić information content (AvgIpc) is 2.90. The highest BCUT2D eigenvalue weighted by atomic mass is 16.5. The Morgan fingerprint density at radius 1 is 1.32 bits per heavy atom. The summed E-state index contributed by atoms with van der Waals surface area (Å²) in [6.45, 7) is 2.74.